The molecule has 0 bridgehead atoms. The lowest BCUT2D eigenvalue weighted by molar-refractivity contribution is -0.126. The molecule has 1 saturated heterocycles. The van der Waals surface area contributed by atoms with E-state index in [-0.39, 0.29) is 11.8 Å². The van der Waals surface area contributed by atoms with Gasteiger partial charge >= 0.3 is 0 Å². The van der Waals surface area contributed by atoms with Gasteiger partial charge in [-0.3, -0.25) is 4.79 Å². The fourth-order valence-electron chi connectivity index (χ4n) is 4.96. The Hall–Kier alpha value is -2.90. The Morgan fingerprint density at radius 1 is 0.941 bits per heavy atom. The summed E-state index contributed by atoms with van der Waals surface area (Å²) in [6, 6.07) is 19.6. The third kappa shape index (κ3) is 4.81. The Morgan fingerprint density at radius 3 is 2.53 bits per heavy atom. The lowest BCUT2D eigenvalue weighted by Crippen LogP contribution is -2.43. The van der Waals surface area contributed by atoms with E-state index in [1.165, 1.54) is 9.87 Å². The maximum atomic E-state index is 13.1. The average molecular weight is 479 g/mol. The van der Waals surface area contributed by atoms with Crippen LogP contribution in [0.1, 0.15) is 30.4 Å². The molecule has 0 atom stereocenters. The van der Waals surface area contributed by atoms with Crippen LogP contribution in [0.3, 0.4) is 0 Å². The second-order valence-electron chi connectivity index (χ2n) is 9.11. The highest BCUT2D eigenvalue weighted by Crippen LogP contribution is 2.28. The Bertz CT molecular complexity index is 1300. The molecule has 7 heteroatoms. The van der Waals surface area contributed by atoms with E-state index in [9.17, 15) is 13.2 Å². The number of hydrogen-bond acceptors (Lipinski definition) is 4. The van der Waals surface area contributed by atoms with Crippen LogP contribution in [0.4, 0.5) is 0 Å². The predicted octanol–water partition coefficient (Wildman–Crippen LogP) is 3.92. The Kier molecular flexibility index (Phi) is 6.57. The first-order chi connectivity index (χ1) is 16.5. The Morgan fingerprint density at radius 2 is 1.71 bits per heavy atom. The van der Waals surface area contributed by atoms with E-state index < -0.39 is 10.0 Å². The Labute approximate surface area is 201 Å². The molecule has 3 aromatic rings. The topological polar surface area (TPSA) is 75.7 Å². The fourth-order valence-corrected chi connectivity index (χ4v) is 6.48. The lowest BCUT2D eigenvalue weighted by Gasteiger charge is -2.30. The van der Waals surface area contributed by atoms with Gasteiger partial charge in [0.15, 0.2) is 0 Å². The first kappa shape index (κ1) is 22.9. The molecule has 0 aromatic heterocycles. The van der Waals surface area contributed by atoms with Crippen molar-refractivity contribution in [3.8, 4) is 5.75 Å². The molecule has 1 N–H and O–H groups in total. The number of carbonyl (C=O) groups excluding carboxylic acids is 1. The van der Waals surface area contributed by atoms with Crippen LogP contribution in [-0.4, -0.2) is 44.9 Å². The standard InChI is InChI=1S/C27H30N2O4S/c30-27(28-14-17-33-25-10-8-20-4-1-2-5-23(20)18-25)22-12-15-29(16-13-22)34(31,32)26-11-9-21-6-3-7-24(21)19-26/h1-2,4-5,8-11,18-19,22H,3,6-7,12-17H2,(H,28,30). The highest BCUT2D eigenvalue weighted by atomic mass is 32.2. The Balaban J connectivity index is 1.09. The lowest BCUT2D eigenvalue weighted by atomic mass is 9.97. The summed E-state index contributed by atoms with van der Waals surface area (Å²) in [5, 5.41) is 5.22. The van der Waals surface area contributed by atoms with Gasteiger partial charge in [-0.05, 0) is 78.3 Å². The number of fused-ring (bicyclic) bond motifs is 2. The summed E-state index contributed by atoms with van der Waals surface area (Å²) in [6.45, 7) is 1.53. The first-order valence-corrected chi connectivity index (χ1v) is 13.5. The molecule has 1 heterocycles. The van der Waals surface area contributed by atoms with Gasteiger partial charge in [-0.25, -0.2) is 8.42 Å². The zero-order valence-electron chi connectivity index (χ0n) is 19.2. The number of hydrogen-bond donors (Lipinski definition) is 1. The van der Waals surface area contributed by atoms with Gasteiger partial charge in [0.05, 0.1) is 11.4 Å². The molecule has 3 aromatic carbocycles. The third-order valence-electron chi connectivity index (χ3n) is 6.92. The second-order valence-corrected chi connectivity index (χ2v) is 11.0. The summed E-state index contributed by atoms with van der Waals surface area (Å²) in [5.74, 6) is 0.571. The van der Waals surface area contributed by atoms with Crippen LogP contribution in [-0.2, 0) is 27.7 Å². The van der Waals surface area contributed by atoms with Crippen molar-refractivity contribution in [2.24, 2.45) is 5.92 Å². The number of nitrogens with one attached hydrogen (secondary N) is 1. The molecule has 6 nitrogen and oxygen atoms in total. The third-order valence-corrected chi connectivity index (χ3v) is 8.82. The number of rotatable bonds is 7. The molecule has 178 valence electrons. The first-order valence-electron chi connectivity index (χ1n) is 12.0. The molecular weight excluding hydrogens is 448 g/mol. The molecule has 0 unspecified atom stereocenters. The highest BCUT2D eigenvalue weighted by molar-refractivity contribution is 7.89. The fraction of sp³-hybridized carbons (Fsp3) is 0.370. The summed E-state index contributed by atoms with van der Waals surface area (Å²) in [7, 11) is -3.52. The highest BCUT2D eigenvalue weighted by Gasteiger charge is 2.32. The van der Waals surface area contributed by atoms with Gasteiger partial charge in [0.25, 0.3) is 0 Å². The van der Waals surface area contributed by atoms with Crippen LogP contribution in [0.15, 0.2) is 65.6 Å². The summed E-state index contributed by atoms with van der Waals surface area (Å²) in [6.07, 6.45) is 4.13. The molecular formula is C27H30N2O4S. The van der Waals surface area contributed by atoms with Crippen molar-refractivity contribution in [1.82, 2.24) is 9.62 Å². The van der Waals surface area contributed by atoms with Gasteiger partial charge in [0.2, 0.25) is 15.9 Å². The average Bonchev–Trinajstić information content (AvgIpc) is 3.34. The molecule has 1 amide bonds. The molecule has 1 fully saturated rings. The molecule has 34 heavy (non-hydrogen) atoms. The smallest absolute Gasteiger partial charge is 0.243 e. The zero-order valence-corrected chi connectivity index (χ0v) is 20.0. The second kappa shape index (κ2) is 9.76. The number of aryl methyl sites for hydroxylation is 2. The maximum absolute atomic E-state index is 13.1. The number of carbonyl (C=O) groups is 1. The minimum atomic E-state index is -3.52. The van der Waals surface area contributed by atoms with Crippen molar-refractivity contribution >= 4 is 26.7 Å². The molecule has 0 radical (unpaired) electrons. The van der Waals surface area contributed by atoms with E-state index in [0.717, 1.165) is 41.3 Å². The summed E-state index contributed by atoms with van der Waals surface area (Å²) in [5.41, 5.74) is 2.42. The number of amides is 1. The van der Waals surface area contributed by atoms with Gasteiger partial charge in [-0.2, -0.15) is 4.31 Å². The molecule has 0 spiro atoms. The minimum Gasteiger partial charge on any atom is -0.492 e. The van der Waals surface area contributed by atoms with Gasteiger partial charge in [0, 0.05) is 19.0 Å². The molecule has 2 aliphatic rings. The summed E-state index contributed by atoms with van der Waals surface area (Å²) < 4.78 is 33.5. The number of benzene rings is 3. The van der Waals surface area contributed by atoms with E-state index in [0.29, 0.717) is 44.0 Å². The molecule has 1 aliphatic heterocycles. The largest absolute Gasteiger partial charge is 0.492 e. The van der Waals surface area contributed by atoms with Crippen LogP contribution in [0.2, 0.25) is 0 Å². The molecule has 0 saturated carbocycles. The van der Waals surface area contributed by atoms with E-state index >= 15 is 0 Å². The van der Waals surface area contributed by atoms with Crippen LogP contribution >= 0.6 is 0 Å². The maximum Gasteiger partial charge on any atom is 0.243 e. The van der Waals surface area contributed by atoms with Crippen LogP contribution in [0.5, 0.6) is 5.75 Å². The SMILES string of the molecule is O=C(NCCOc1ccc2ccccc2c1)C1CCN(S(=O)(=O)c2ccc3c(c2)CCC3)CC1. The van der Waals surface area contributed by atoms with Gasteiger partial charge in [-0.1, -0.05) is 36.4 Å². The van der Waals surface area contributed by atoms with Crippen LogP contribution in [0.25, 0.3) is 10.8 Å². The monoisotopic (exact) mass is 478 g/mol. The predicted molar refractivity (Wildman–Crippen MR) is 132 cm³/mol. The summed E-state index contributed by atoms with van der Waals surface area (Å²) >= 11 is 0. The quantitative estimate of drug-likeness (QED) is 0.522. The number of sulfonamides is 1. The van der Waals surface area contributed by atoms with Gasteiger partial charge < -0.3 is 10.1 Å². The minimum absolute atomic E-state index is 0.0308. The normalized spacial score (nSPS) is 16.9. The number of ether oxygens (including phenoxy) is 1. The van der Waals surface area contributed by atoms with E-state index in [1.54, 1.807) is 6.07 Å². The van der Waals surface area contributed by atoms with E-state index in [1.807, 2.05) is 48.5 Å². The van der Waals surface area contributed by atoms with Crippen LogP contribution in [0, 0.1) is 5.92 Å². The number of nitrogens with zero attached hydrogens (tertiary/aromatic N) is 1. The van der Waals surface area contributed by atoms with Crippen molar-refractivity contribution in [3.63, 3.8) is 0 Å². The van der Waals surface area contributed by atoms with Crippen molar-refractivity contribution in [2.45, 2.75) is 37.0 Å². The number of piperidine rings is 1. The van der Waals surface area contributed by atoms with Crippen molar-refractivity contribution < 1.29 is 17.9 Å². The van der Waals surface area contributed by atoms with Gasteiger partial charge in [-0.15, -0.1) is 0 Å². The molecule has 5 rings (SSSR count). The van der Waals surface area contributed by atoms with Crippen molar-refractivity contribution in [1.29, 1.82) is 0 Å². The molecule has 1 aliphatic carbocycles. The zero-order chi connectivity index (χ0) is 23.5. The summed E-state index contributed by atoms with van der Waals surface area (Å²) in [4.78, 5) is 13.0. The van der Waals surface area contributed by atoms with Crippen molar-refractivity contribution in [2.75, 3.05) is 26.2 Å². The van der Waals surface area contributed by atoms with Crippen molar-refractivity contribution in [3.05, 3.63) is 71.8 Å². The van der Waals surface area contributed by atoms with E-state index in [4.69, 9.17) is 4.74 Å². The van der Waals surface area contributed by atoms with Gasteiger partial charge in [0.1, 0.15) is 12.4 Å². The van der Waals surface area contributed by atoms with Crippen LogP contribution < -0.4 is 10.1 Å². The van der Waals surface area contributed by atoms with E-state index in [2.05, 4.69) is 11.4 Å².